The van der Waals surface area contributed by atoms with Crippen LogP contribution < -0.4 is 4.74 Å². The molecule has 1 aromatic carbocycles. The van der Waals surface area contributed by atoms with Gasteiger partial charge in [0.15, 0.2) is 0 Å². The number of nitrogens with zero attached hydrogens (tertiary/aromatic N) is 1. The molecule has 70 valence electrons. The number of rotatable bonds is 2. The second-order valence-electron chi connectivity index (χ2n) is 3.80. The fourth-order valence-electron chi connectivity index (χ4n) is 0.929. The molecule has 0 fully saturated rings. The maximum absolute atomic E-state index is 10.1. The summed E-state index contributed by atoms with van der Waals surface area (Å²) in [6, 6.07) is 6.74. The van der Waals surface area contributed by atoms with Gasteiger partial charge in [-0.05, 0) is 50.2 Å². The van der Waals surface area contributed by atoms with E-state index >= 15 is 0 Å². The second-order valence-corrected chi connectivity index (χ2v) is 3.80. The zero-order valence-electron chi connectivity index (χ0n) is 8.07. The van der Waals surface area contributed by atoms with Crippen LogP contribution in [0.4, 0.5) is 5.69 Å². The first kappa shape index (κ1) is 9.71. The van der Waals surface area contributed by atoms with Gasteiger partial charge >= 0.3 is 0 Å². The van der Waals surface area contributed by atoms with Gasteiger partial charge in [0.05, 0.1) is 0 Å². The Labute approximate surface area is 77.7 Å². The molecule has 0 aromatic heterocycles. The van der Waals surface area contributed by atoms with Gasteiger partial charge in [-0.2, -0.15) is 0 Å². The molecule has 0 bridgehead atoms. The standard InChI is InChI=1S/C10H13NO2/c1-10(2,3)13-9-6-4-8(11-12)5-7-9/h4-7H,1-3H3. The summed E-state index contributed by atoms with van der Waals surface area (Å²) in [5.74, 6) is 0.750. The Balaban J connectivity index is 2.75. The smallest absolute Gasteiger partial charge is 0.120 e. The van der Waals surface area contributed by atoms with Crippen molar-refractivity contribution in [3.05, 3.63) is 29.2 Å². The lowest BCUT2D eigenvalue weighted by Gasteiger charge is -2.20. The van der Waals surface area contributed by atoms with E-state index in [4.69, 9.17) is 4.74 Å². The van der Waals surface area contributed by atoms with E-state index in [-0.39, 0.29) is 5.60 Å². The van der Waals surface area contributed by atoms with Crippen molar-refractivity contribution < 1.29 is 4.74 Å². The molecule has 0 atom stereocenters. The minimum Gasteiger partial charge on any atom is -0.488 e. The van der Waals surface area contributed by atoms with Crippen molar-refractivity contribution in [2.24, 2.45) is 5.18 Å². The number of hydrogen-bond acceptors (Lipinski definition) is 3. The van der Waals surface area contributed by atoms with Crippen LogP contribution >= 0.6 is 0 Å². The van der Waals surface area contributed by atoms with Crippen LogP contribution in [0.3, 0.4) is 0 Å². The molecule has 0 amide bonds. The van der Waals surface area contributed by atoms with Crippen LogP contribution in [0.15, 0.2) is 29.4 Å². The van der Waals surface area contributed by atoms with Crippen LogP contribution in [0.2, 0.25) is 0 Å². The molecule has 0 spiro atoms. The highest BCUT2D eigenvalue weighted by atomic mass is 16.5. The van der Waals surface area contributed by atoms with Crippen molar-refractivity contribution >= 4 is 5.69 Å². The van der Waals surface area contributed by atoms with Gasteiger partial charge in [-0.3, -0.25) is 0 Å². The van der Waals surface area contributed by atoms with Crippen LogP contribution in [-0.2, 0) is 0 Å². The van der Waals surface area contributed by atoms with Crippen LogP contribution in [0.5, 0.6) is 5.75 Å². The summed E-state index contributed by atoms with van der Waals surface area (Å²) in [5.41, 5.74) is 0.206. The van der Waals surface area contributed by atoms with Crippen molar-refractivity contribution in [1.82, 2.24) is 0 Å². The normalized spacial score (nSPS) is 11.0. The Kier molecular flexibility index (Phi) is 2.66. The average Bonchev–Trinajstić information content (AvgIpc) is 2.03. The summed E-state index contributed by atoms with van der Waals surface area (Å²) >= 11 is 0. The van der Waals surface area contributed by atoms with E-state index in [1.54, 1.807) is 24.3 Å². The van der Waals surface area contributed by atoms with Gasteiger partial charge in [-0.25, -0.2) is 0 Å². The lowest BCUT2D eigenvalue weighted by molar-refractivity contribution is 0.131. The van der Waals surface area contributed by atoms with Crippen molar-refractivity contribution in [3.63, 3.8) is 0 Å². The Hall–Kier alpha value is -1.38. The van der Waals surface area contributed by atoms with E-state index in [0.717, 1.165) is 5.75 Å². The van der Waals surface area contributed by atoms with E-state index in [9.17, 15) is 4.91 Å². The maximum Gasteiger partial charge on any atom is 0.120 e. The Morgan fingerprint density at radius 2 is 1.69 bits per heavy atom. The summed E-state index contributed by atoms with van der Waals surface area (Å²) in [4.78, 5) is 10.1. The quantitative estimate of drug-likeness (QED) is 0.653. The van der Waals surface area contributed by atoms with Gasteiger partial charge in [0, 0.05) is 0 Å². The first-order chi connectivity index (χ1) is 6.01. The third kappa shape index (κ3) is 3.23. The summed E-state index contributed by atoms with van der Waals surface area (Å²) in [6.45, 7) is 5.91. The minimum absolute atomic E-state index is 0.212. The molecule has 0 aliphatic heterocycles. The Bertz CT molecular complexity index is 285. The molecule has 0 N–H and O–H groups in total. The van der Waals surface area contributed by atoms with Crippen molar-refractivity contribution in [2.75, 3.05) is 0 Å². The molecule has 0 saturated heterocycles. The molecule has 0 unspecified atom stereocenters. The van der Waals surface area contributed by atoms with E-state index in [1.807, 2.05) is 20.8 Å². The fraction of sp³-hybridized carbons (Fsp3) is 0.400. The highest BCUT2D eigenvalue weighted by molar-refractivity contribution is 5.40. The molecule has 0 radical (unpaired) electrons. The van der Waals surface area contributed by atoms with Crippen LogP contribution in [0.1, 0.15) is 20.8 Å². The monoisotopic (exact) mass is 179 g/mol. The van der Waals surface area contributed by atoms with Gasteiger partial charge < -0.3 is 4.74 Å². The van der Waals surface area contributed by atoms with Gasteiger partial charge in [0.1, 0.15) is 17.0 Å². The third-order valence-corrected chi connectivity index (χ3v) is 1.37. The number of nitroso groups, excluding NO2 is 1. The minimum atomic E-state index is -0.212. The van der Waals surface area contributed by atoms with Crippen LogP contribution in [0.25, 0.3) is 0 Å². The molecule has 1 aromatic rings. The van der Waals surface area contributed by atoms with Gasteiger partial charge in [-0.1, -0.05) is 0 Å². The van der Waals surface area contributed by atoms with E-state index in [2.05, 4.69) is 5.18 Å². The van der Waals surface area contributed by atoms with Crippen LogP contribution in [0, 0.1) is 4.91 Å². The summed E-state index contributed by atoms with van der Waals surface area (Å²) in [5, 5.41) is 2.80. The SMILES string of the molecule is CC(C)(C)Oc1ccc(N=O)cc1. The Morgan fingerprint density at radius 3 is 2.08 bits per heavy atom. The van der Waals surface area contributed by atoms with E-state index in [1.165, 1.54) is 0 Å². The lowest BCUT2D eigenvalue weighted by Crippen LogP contribution is -2.22. The number of hydrogen-bond donors (Lipinski definition) is 0. The molecule has 0 heterocycles. The predicted octanol–water partition coefficient (Wildman–Crippen LogP) is 3.26. The van der Waals surface area contributed by atoms with Crippen molar-refractivity contribution in [1.29, 1.82) is 0 Å². The van der Waals surface area contributed by atoms with Crippen LogP contribution in [-0.4, -0.2) is 5.60 Å². The molecule has 13 heavy (non-hydrogen) atoms. The molecule has 1 rings (SSSR count). The third-order valence-electron chi connectivity index (χ3n) is 1.37. The molecule has 3 heteroatoms. The van der Waals surface area contributed by atoms with Crippen molar-refractivity contribution in [3.8, 4) is 5.75 Å². The maximum atomic E-state index is 10.1. The van der Waals surface area contributed by atoms with Gasteiger partial charge in [0.25, 0.3) is 0 Å². The van der Waals surface area contributed by atoms with Gasteiger partial charge in [0.2, 0.25) is 0 Å². The molecule has 0 saturated carbocycles. The first-order valence-electron chi connectivity index (χ1n) is 4.14. The molecule has 0 aliphatic carbocycles. The lowest BCUT2D eigenvalue weighted by atomic mass is 10.2. The summed E-state index contributed by atoms with van der Waals surface area (Å²) in [7, 11) is 0. The molecular formula is C10H13NO2. The van der Waals surface area contributed by atoms with Crippen molar-refractivity contribution in [2.45, 2.75) is 26.4 Å². The predicted molar refractivity (Wildman–Crippen MR) is 52.3 cm³/mol. The highest BCUT2D eigenvalue weighted by Gasteiger charge is 2.11. The summed E-state index contributed by atoms with van der Waals surface area (Å²) < 4.78 is 5.56. The molecular weight excluding hydrogens is 166 g/mol. The zero-order chi connectivity index (χ0) is 9.90. The van der Waals surface area contributed by atoms with Gasteiger partial charge in [-0.15, -0.1) is 4.91 Å². The Morgan fingerprint density at radius 1 is 1.15 bits per heavy atom. The summed E-state index contributed by atoms with van der Waals surface area (Å²) in [6.07, 6.45) is 0. The topological polar surface area (TPSA) is 38.7 Å². The van der Waals surface area contributed by atoms with E-state index < -0.39 is 0 Å². The molecule has 0 aliphatic rings. The first-order valence-corrected chi connectivity index (χ1v) is 4.14. The highest BCUT2D eigenvalue weighted by Crippen LogP contribution is 2.21. The second kappa shape index (κ2) is 3.56. The molecule has 3 nitrogen and oxygen atoms in total. The zero-order valence-corrected chi connectivity index (χ0v) is 8.07. The fourth-order valence-corrected chi connectivity index (χ4v) is 0.929. The number of benzene rings is 1. The number of ether oxygens (including phenoxy) is 1. The van der Waals surface area contributed by atoms with E-state index in [0.29, 0.717) is 5.69 Å². The largest absolute Gasteiger partial charge is 0.488 e. The average molecular weight is 179 g/mol.